The molecule has 0 unspecified atom stereocenters. The van der Waals surface area contributed by atoms with E-state index in [-0.39, 0.29) is 35.2 Å². The van der Waals surface area contributed by atoms with Crippen LogP contribution in [0.25, 0.3) is 12.2 Å². The van der Waals surface area contributed by atoms with E-state index in [1.807, 2.05) is 30.3 Å². The van der Waals surface area contributed by atoms with Gasteiger partial charge in [-0.25, -0.2) is 9.59 Å². The van der Waals surface area contributed by atoms with E-state index < -0.39 is 12.3 Å². The summed E-state index contributed by atoms with van der Waals surface area (Å²) in [4.78, 5) is 23.3. The van der Waals surface area contributed by atoms with E-state index in [4.69, 9.17) is 19.3 Å². The average molecular weight is 527 g/mol. The molecule has 39 heavy (non-hydrogen) atoms. The smallest absolute Gasteiger partial charge is 0.338 e. The number of hydrogen-bond acceptors (Lipinski definition) is 8. The Kier molecular flexibility index (Phi) is 7.10. The summed E-state index contributed by atoms with van der Waals surface area (Å²) in [6.45, 7) is 1.66. The van der Waals surface area contributed by atoms with E-state index in [9.17, 15) is 19.8 Å². The average Bonchev–Trinajstić information content (AvgIpc) is 3.52. The van der Waals surface area contributed by atoms with Gasteiger partial charge in [0.25, 0.3) is 6.29 Å². The lowest BCUT2D eigenvalue weighted by Gasteiger charge is -2.09. The van der Waals surface area contributed by atoms with Crippen molar-refractivity contribution in [3.63, 3.8) is 0 Å². The lowest BCUT2D eigenvalue weighted by atomic mass is 9.98. The highest BCUT2D eigenvalue weighted by Gasteiger charge is 2.46. The normalized spacial score (nSPS) is 22.0. The molecule has 3 N–H and O–H groups in total. The number of hydrogen-bond donors (Lipinski definition) is 3. The summed E-state index contributed by atoms with van der Waals surface area (Å²) in [5.74, 6) is -0.534. The molecular formula is C31H26O8. The highest BCUT2D eigenvalue weighted by atomic mass is 16.7. The molecule has 8 nitrogen and oxygen atoms in total. The number of rotatable bonds is 4. The first-order valence-corrected chi connectivity index (χ1v) is 12.3. The van der Waals surface area contributed by atoms with Gasteiger partial charge in [0, 0.05) is 23.6 Å². The fourth-order valence-corrected chi connectivity index (χ4v) is 4.65. The van der Waals surface area contributed by atoms with Gasteiger partial charge in [0.05, 0.1) is 11.8 Å². The van der Waals surface area contributed by atoms with Crippen LogP contribution in [0.4, 0.5) is 0 Å². The van der Waals surface area contributed by atoms with E-state index in [1.54, 1.807) is 55.5 Å². The minimum Gasteiger partial charge on any atom is -0.508 e. The standard InChI is InChI=1S/C17H14O5.C14H12O3/c1-9-6-14(21-16(9)18)20-8-13-12-7-10-4-2-3-5-11(10)15(12)22-17(13)19;15-12-5-3-10(4-6-12)1-2-11-7-13(16)9-14(17)8-11/h2-6,8,12,14-15H,7H2,1H3;1-9,15-17H/b13-8+;2-1+/t12-,14-,15-;/m1./s1. The van der Waals surface area contributed by atoms with Crippen LogP contribution in [0.2, 0.25) is 0 Å². The molecule has 3 aliphatic rings. The van der Waals surface area contributed by atoms with Gasteiger partial charge in [-0.15, -0.1) is 0 Å². The predicted molar refractivity (Wildman–Crippen MR) is 142 cm³/mol. The number of fused-ring (bicyclic) bond motifs is 3. The molecule has 0 saturated carbocycles. The second kappa shape index (κ2) is 10.8. The van der Waals surface area contributed by atoms with Gasteiger partial charge in [-0.3, -0.25) is 0 Å². The Morgan fingerprint density at radius 2 is 1.51 bits per heavy atom. The zero-order valence-electron chi connectivity index (χ0n) is 21.0. The molecule has 6 rings (SSSR count). The molecule has 0 aromatic heterocycles. The van der Waals surface area contributed by atoms with Crippen molar-refractivity contribution in [2.75, 3.05) is 0 Å². The molecule has 198 valence electrons. The minimum atomic E-state index is -0.768. The first-order chi connectivity index (χ1) is 18.8. The number of aromatic hydroxyl groups is 3. The number of carbonyl (C=O) groups excluding carboxylic acids is 2. The molecule has 1 aliphatic carbocycles. The van der Waals surface area contributed by atoms with Crippen molar-refractivity contribution in [1.82, 2.24) is 0 Å². The molecule has 0 amide bonds. The molecule has 3 aromatic carbocycles. The van der Waals surface area contributed by atoms with E-state index in [2.05, 4.69) is 0 Å². The van der Waals surface area contributed by atoms with Crippen LogP contribution in [0.1, 0.15) is 35.3 Å². The zero-order valence-corrected chi connectivity index (χ0v) is 21.0. The Balaban J connectivity index is 0.000000164. The van der Waals surface area contributed by atoms with Crippen molar-refractivity contribution < 1.29 is 39.1 Å². The maximum atomic E-state index is 12.0. The van der Waals surface area contributed by atoms with Gasteiger partial charge in [0.1, 0.15) is 23.4 Å². The molecule has 8 heteroatoms. The van der Waals surface area contributed by atoms with E-state index in [1.165, 1.54) is 17.9 Å². The van der Waals surface area contributed by atoms with E-state index >= 15 is 0 Å². The quantitative estimate of drug-likeness (QED) is 0.184. The third-order valence-corrected chi connectivity index (χ3v) is 6.58. The highest BCUT2D eigenvalue weighted by Crippen LogP contribution is 2.47. The van der Waals surface area contributed by atoms with Crippen LogP contribution in [0.15, 0.2) is 90.2 Å². The summed E-state index contributed by atoms with van der Waals surface area (Å²) in [7, 11) is 0. The summed E-state index contributed by atoms with van der Waals surface area (Å²) in [6.07, 6.45) is 6.31. The van der Waals surface area contributed by atoms with Crippen LogP contribution in [-0.2, 0) is 30.2 Å². The molecule has 0 radical (unpaired) electrons. The molecule has 3 atom stereocenters. The zero-order chi connectivity index (χ0) is 27.5. The van der Waals surface area contributed by atoms with Crippen LogP contribution in [-0.4, -0.2) is 33.5 Å². The first kappa shape index (κ1) is 25.7. The molecule has 1 saturated heterocycles. The van der Waals surface area contributed by atoms with Gasteiger partial charge < -0.3 is 29.5 Å². The van der Waals surface area contributed by atoms with Gasteiger partial charge in [0.2, 0.25) is 0 Å². The minimum absolute atomic E-state index is 0.0235. The van der Waals surface area contributed by atoms with Gasteiger partial charge in [-0.2, -0.15) is 0 Å². The maximum absolute atomic E-state index is 12.0. The van der Waals surface area contributed by atoms with Gasteiger partial charge in [0.15, 0.2) is 0 Å². The number of benzene rings is 3. The first-order valence-electron chi connectivity index (χ1n) is 12.3. The fourth-order valence-electron chi connectivity index (χ4n) is 4.65. The van der Waals surface area contributed by atoms with Gasteiger partial charge >= 0.3 is 11.9 Å². The van der Waals surface area contributed by atoms with Crippen molar-refractivity contribution in [3.8, 4) is 17.2 Å². The summed E-state index contributed by atoms with van der Waals surface area (Å²) in [6, 6.07) is 19.1. The second-order valence-electron chi connectivity index (χ2n) is 9.38. The van der Waals surface area contributed by atoms with Crippen molar-refractivity contribution in [2.45, 2.75) is 25.7 Å². The fraction of sp³-hybridized carbons (Fsp3) is 0.161. The van der Waals surface area contributed by atoms with Crippen molar-refractivity contribution >= 4 is 24.1 Å². The number of carbonyl (C=O) groups is 2. The topological polar surface area (TPSA) is 123 Å². The van der Waals surface area contributed by atoms with E-state index in [0.717, 1.165) is 17.5 Å². The SMILES string of the molecule is CC1=C[C@H](O/C=C2/C(=O)O[C@@H]3c4ccccc4C[C@H]23)OC1=O.Oc1ccc(/C=C/c2cc(O)cc(O)c2)cc1. The highest BCUT2D eigenvalue weighted by molar-refractivity contribution is 5.92. The Hall–Kier alpha value is -4.98. The number of esters is 2. The largest absolute Gasteiger partial charge is 0.508 e. The maximum Gasteiger partial charge on any atom is 0.338 e. The van der Waals surface area contributed by atoms with Crippen LogP contribution in [0.3, 0.4) is 0 Å². The van der Waals surface area contributed by atoms with Crippen molar-refractivity contribution in [2.24, 2.45) is 5.92 Å². The van der Waals surface area contributed by atoms with Gasteiger partial charge in [-0.1, -0.05) is 48.6 Å². The Morgan fingerprint density at radius 3 is 2.21 bits per heavy atom. The summed E-state index contributed by atoms with van der Waals surface area (Å²) in [5.41, 5.74) is 4.88. The Morgan fingerprint density at radius 1 is 0.821 bits per heavy atom. The Labute approximate surface area is 224 Å². The van der Waals surface area contributed by atoms with Crippen LogP contribution in [0, 0.1) is 5.92 Å². The predicted octanol–water partition coefficient (Wildman–Crippen LogP) is 5.16. The molecule has 2 aliphatic heterocycles. The number of ether oxygens (including phenoxy) is 3. The molecule has 0 bridgehead atoms. The molecule has 1 fully saturated rings. The van der Waals surface area contributed by atoms with Crippen LogP contribution >= 0.6 is 0 Å². The summed E-state index contributed by atoms with van der Waals surface area (Å²) < 4.78 is 15.9. The third-order valence-electron chi connectivity index (χ3n) is 6.58. The molecule has 0 spiro atoms. The number of phenolic OH excluding ortho intramolecular Hbond substituents is 3. The lowest BCUT2D eigenvalue weighted by Crippen LogP contribution is -2.11. The molecule has 2 heterocycles. The third kappa shape index (κ3) is 5.80. The van der Waals surface area contributed by atoms with Crippen LogP contribution < -0.4 is 0 Å². The van der Waals surface area contributed by atoms with Gasteiger partial charge in [-0.05, 0) is 59.9 Å². The number of cyclic esters (lactones) is 1. The van der Waals surface area contributed by atoms with Crippen molar-refractivity contribution in [3.05, 3.63) is 112 Å². The molecular weight excluding hydrogens is 500 g/mol. The monoisotopic (exact) mass is 526 g/mol. The Bertz CT molecular complexity index is 1480. The van der Waals surface area contributed by atoms with Crippen molar-refractivity contribution in [1.29, 1.82) is 0 Å². The molecule has 3 aromatic rings. The number of phenols is 3. The summed E-state index contributed by atoms with van der Waals surface area (Å²) >= 11 is 0. The lowest BCUT2D eigenvalue weighted by molar-refractivity contribution is -0.152. The van der Waals surface area contributed by atoms with Crippen LogP contribution in [0.5, 0.6) is 17.2 Å². The summed E-state index contributed by atoms with van der Waals surface area (Å²) in [5, 5.41) is 27.7. The second-order valence-corrected chi connectivity index (χ2v) is 9.38. The van der Waals surface area contributed by atoms with E-state index in [0.29, 0.717) is 16.7 Å².